The van der Waals surface area contributed by atoms with E-state index in [1.54, 1.807) is 31.3 Å². The van der Waals surface area contributed by atoms with Crippen LogP contribution in [0.5, 0.6) is 0 Å². The zero-order valence-corrected chi connectivity index (χ0v) is 18.3. The molecule has 0 saturated heterocycles. The fourth-order valence-corrected chi connectivity index (χ4v) is 3.82. The number of amides is 1. The quantitative estimate of drug-likeness (QED) is 0.625. The van der Waals surface area contributed by atoms with Gasteiger partial charge in [0.15, 0.2) is 0 Å². The standard InChI is InChI=1S/C22H30N2O4S/c1-5-6-15-24(4)29(26,27)21-13-11-20(12-14-21)23-22(25)19-9-7-18(8-10-19)16-28-17(2)3/h7-14,17H,5-6,15-16H2,1-4H3,(H,23,25). The zero-order valence-electron chi connectivity index (χ0n) is 17.5. The van der Waals surface area contributed by atoms with Crippen molar-refractivity contribution < 1.29 is 17.9 Å². The number of nitrogens with zero attached hydrogens (tertiary/aromatic N) is 1. The van der Waals surface area contributed by atoms with Crippen molar-refractivity contribution in [2.75, 3.05) is 18.9 Å². The Morgan fingerprint density at radius 2 is 1.69 bits per heavy atom. The lowest BCUT2D eigenvalue weighted by molar-refractivity contribution is 0.0657. The van der Waals surface area contributed by atoms with Crippen molar-refractivity contribution in [2.24, 2.45) is 0 Å². The Morgan fingerprint density at radius 1 is 1.07 bits per heavy atom. The molecule has 29 heavy (non-hydrogen) atoms. The summed E-state index contributed by atoms with van der Waals surface area (Å²) in [5, 5.41) is 2.79. The smallest absolute Gasteiger partial charge is 0.255 e. The third-order valence-corrected chi connectivity index (χ3v) is 6.32. The molecule has 158 valence electrons. The lowest BCUT2D eigenvalue weighted by Crippen LogP contribution is -2.27. The van der Waals surface area contributed by atoms with E-state index in [2.05, 4.69) is 5.32 Å². The second kappa shape index (κ2) is 10.5. The molecule has 0 fully saturated rings. The number of ether oxygens (including phenoxy) is 1. The molecule has 0 atom stereocenters. The topological polar surface area (TPSA) is 75.7 Å². The molecule has 2 aromatic rings. The number of sulfonamides is 1. The number of nitrogens with one attached hydrogen (secondary N) is 1. The van der Waals surface area contributed by atoms with Gasteiger partial charge in [0.2, 0.25) is 10.0 Å². The van der Waals surface area contributed by atoms with Crippen LogP contribution in [0.1, 0.15) is 49.5 Å². The number of hydrogen-bond acceptors (Lipinski definition) is 4. The summed E-state index contributed by atoms with van der Waals surface area (Å²) in [4.78, 5) is 12.6. The molecule has 0 bridgehead atoms. The maximum atomic E-state index is 12.5. The van der Waals surface area contributed by atoms with E-state index in [-0.39, 0.29) is 16.9 Å². The number of rotatable bonds is 10. The molecule has 0 saturated carbocycles. The molecule has 2 rings (SSSR count). The minimum atomic E-state index is -3.52. The Bertz CT molecular complexity index is 891. The van der Waals surface area contributed by atoms with E-state index in [9.17, 15) is 13.2 Å². The maximum absolute atomic E-state index is 12.5. The third-order valence-electron chi connectivity index (χ3n) is 4.45. The van der Waals surface area contributed by atoms with Crippen LogP contribution in [0.3, 0.4) is 0 Å². The number of carbonyl (C=O) groups is 1. The van der Waals surface area contributed by atoms with Gasteiger partial charge in [-0.3, -0.25) is 4.79 Å². The van der Waals surface area contributed by atoms with Crippen molar-refractivity contribution in [3.8, 4) is 0 Å². The normalized spacial score (nSPS) is 11.8. The molecule has 0 aromatic heterocycles. The summed E-state index contributed by atoms with van der Waals surface area (Å²) in [6.07, 6.45) is 1.89. The van der Waals surface area contributed by atoms with Gasteiger partial charge in [0, 0.05) is 24.8 Å². The van der Waals surface area contributed by atoms with Crippen molar-refractivity contribution in [1.82, 2.24) is 4.31 Å². The molecule has 0 aliphatic rings. The Balaban J connectivity index is 2.01. The summed E-state index contributed by atoms with van der Waals surface area (Å²) in [5.41, 5.74) is 2.06. The first kappa shape index (κ1) is 23.1. The van der Waals surface area contributed by atoms with Crippen LogP contribution in [0.15, 0.2) is 53.4 Å². The van der Waals surface area contributed by atoms with Crippen LogP contribution in [0.25, 0.3) is 0 Å². The molecule has 0 heterocycles. The molecule has 1 amide bonds. The van der Waals surface area contributed by atoms with Crippen LogP contribution in [-0.2, 0) is 21.4 Å². The van der Waals surface area contributed by atoms with E-state index in [4.69, 9.17) is 4.74 Å². The van der Waals surface area contributed by atoms with E-state index < -0.39 is 10.0 Å². The van der Waals surface area contributed by atoms with Crippen LogP contribution < -0.4 is 5.32 Å². The van der Waals surface area contributed by atoms with Gasteiger partial charge in [-0.15, -0.1) is 0 Å². The molecule has 7 heteroatoms. The van der Waals surface area contributed by atoms with Crippen LogP contribution in [0.2, 0.25) is 0 Å². The molecule has 2 aromatic carbocycles. The summed E-state index contributed by atoms with van der Waals surface area (Å²) in [5.74, 6) is -0.253. The van der Waals surface area contributed by atoms with Crippen molar-refractivity contribution in [1.29, 1.82) is 0 Å². The second-order valence-electron chi connectivity index (χ2n) is 7.22. The predicted molar refractivity (Wildman–Crippen MR) is 115 cm³/mol. The van der Waals surface area contributed by atoms with Gasteiger partial charge in [0.1, 0.15) is 0 Å². The van der Waals surface area contributed by atoms with Gasteiger partial charge in [-0.05, 0) is 62.2 Å². The van der Waals surface area contributed by atoms with Crippen molar-refractivity contribution in [2.45, 2.75) is 51.2 Å². The average Bonchev–Trinajstić information content (AvgIpc) is 2.71. The molecule has 0 unspecified atom stereocenters. The van der Waals surface area contributed by atoms with Gasteiger partial charge >= 0.3 is 0 Å². The Labute approximate surface area is 173 Å². The minimum Gasteiger partial charge on any atom is -0.374 e. The first-order valence-electron chi connectivity index (χ1n) is 9.82. The van der Waals surface area contributed by atoms with Gasteiger partial charge < -0.3 is 10.1 Å². The molecule has 0 aliphatic carbocycles. The van der Waals surface area contributed by atoms with Crippen LogP contribution in [0, 0.1) is 0 Å². The molecule has 0 aliphatic heterocycles. The van der Waals surface area contributed by atoms with Gasteiger partial charge in [-0.1, -0.05) is 25.5 Å². The Kier molecular flexibility index (Phi) is 8.37. The van der Waals surface area contributed by atoms with E-state index in [0.717, 1.165) is 18.4 Å². The number of benzene rings is 2. The molecular weight excluding hydrogens is 388 g/mol. The van der Waals surface area contributed by atoms with Gasteiger partial charge in [0.05, 0.1) is 17.6 Å². The highest BCUT2D eigenvalue weighted by Crippen LogP contribution is 2.19. The highest BCUT2D eigenvalue weighted by Gasteiger charge is 2.20. The monoisotopic (exact) mass is 418 g/mol. The first-order chi connectivity index (χ1) is 13.7. The second-order valence-corrected chi connectivity index (χ2v) is 9.26. The highest BCUT2D eigenvalue weighted by molar-refractivity contribution is 7.89. The summed E-state index contributed by atoms with van der Waals surface area (Å²) in [6.45, 7) is 6.95. The van der Waals surface area contributed by atoms with E-state index >= 15 is 0 Å². The summed E-state index contributed by atoms with van der Waals surface area (Å²) < 4.78 is 32.0. The summed E-state index contributed by atoms with van der Waals surface area (Å²) in [7, 11) is -1.94. The van der Waals surface area contributed by atoms with E-state index in [1.165, 1.54) is 16.4 Å². The number of unbranched alkanes of at least 4 members (excludes halogenated alkanes) is 1. The average molecular weight is 419 g/mol. The summed E-state index contributed by atoms with van der Waals surface area (Å²) in [6, 6.07) is 13.4. The number of anilines is 1. The Morgan fingerprint density at radius 3 is 2.24 bits per heavy atom. The largest absolute Gasteiger partial charge is 0.374 e. The molecule has 0 radical (unpaired) electrons. The molecule has 6 nitrogen and oxygen atoms in total. The maximum Gasteiger partial charge on any atom is 0.255 e. The van der Waals surface area contributed by atoms with Gasteiger partial charge in [-0.2, -0.15) is 0 Å². The lowest BCUT2D eigenvalue weighted by atomic mass is 10.1. The van der Waals surface area contributed by atoms with Crippen LogP contribution >= 0.6 is 0 Å². The van der Waals surface area contributed by atoms with Crippen molar-refractivity contribution in [3.63, 3.8) is 0 Å². The van der Waals surface area contributed by atoms with Gasteiger partial charge in [0.25, 0.3) is 5.91 Å². The zero-order chi connectivity index (χ0) is 21.4. The number of hydrogen-bond donors (Lipinski definition) is 1. The van der Waals surface area contributed by atoms with E-state index in [1.807, 2.05) is 32.9 Å². The fraction of sp³-hybridized carbons (Fsp3) is 0.409. The SMILES string of the molecule is CCCCN(C)S(=O)(=O)c1ccc(NC(=O)c2ccc(COC(C)C)cc2)cc1. The van der Waals surface area contributed by atoms with Crippen molar-refractivity contribution in [3.05, 3.63) is 59.7 Å². The van der Waals surface area contributed by atoms with Crippen LogP contribution in [0.4, 0.5) is 5.69 Å². The number of carbonyl (C=O) groups excluding carboxylic acids is 1. The molecule has 0 spiro atoms. The predicted octanol–water partition coefficient (Wildman–Crippen LogP) is 4.28. The van der Waals surface area contributed by atoms with Crippen molar-refractivity contribution >= 4 is 21.6 Å². The summed E-state index contributed by atoms with van der Waals surface area (Å²) >= 11 is 0. The lowest BCUT2D eigenvalue weighted by Gasteiger charge is -2.17. The van der Waals surface area contributed by atoms with Crippen LogP contribution in [-0.4, -0.2) is 38.3 Å². The van der Waals surface area contributed by atoms with E-state index in [0.29, 0.717) is 24.4 Å². The van der Waals surface area contributed by atoms with Gasteiger partial charge in [-0.25, -0.2) is 12.7 Å². The minimum absolute atomic E-state index is 0.149. The highest BCUT2D eigenvalue weighted by atomic mass is 32.2. The third kappa shape index (κ3) is 6.66. The molecule has 1 N–H and O–H groups in total. The molecular formula is C22H30N2O4S. The first-order valence-corrected chi connectivity index (χ1v) is 11.3. The fourth-order valence-electron chi connectivity index (χ4n) is 2.61. The Hall–Kier alpha value is -2.22.